The summed E-state index contributed by atoms with van der Waals surface area (Å²) in [5.41, 5.74) is 0. The first kappa shape index (κ1) is 10.0. The zero-order valence-corrected chi connectivity index (χ0v) is 8.25. The molecule has 0 aromatic rings. The van der Waals surface area contributed by atoms with E-state index in [-0.39, 0.29) is 12.5 Å². The minimum atomic E-state index is -0.240. The van der Waals surface area contributed by atoms with E-state index in [1.54, 1.807) is 6.92 Å². The van der Waals surface area contributed by atoms with Crippen LogP contribution in [0.3, 0.4) is 0 Å². The topological polar surface area (TPSA) is 41.9 Å². The number of carbonyl (C=O) groups excluding carboxylic acids is 1. The van der Waals surface area contributed by atoms with Crippen molar-refractivity contribution in [2.75, 3.05) is 26.7 Å². The Morgan fingerprint density at radius 1 is 1.69 bits per heavy atom. The summed E-state index contributed by atoms with van der Waals surface area (Å²) in [4.78, 5) is 17.2. The Labute approximate surface area is 78.6 Å². The number of nitrogens with zero attached hydrogens (tertiary/aromatic N) is 2. The normalized spacial score (nSPS) is 19.5. The van der Waals surface area contributed by atoms with Crippen molar-refractivity contribution >= 4 is 11.8 Å². The Morgan fingerprint density at radius 2 is 2.46 bits per heavy atom. The lowest BCUT2D eigenvalue weighted by atomic mass is 10.4. The van der Waals surface area contributed by atoms with Gasteiger partial charge in [0, 0.05) is 20.0 Å². The largest absolute Gasteiger partial charge is 0.465 e. The van der Waals surface area contributed by atoms with Gasteiger partial charge in [-0.1, -0.05) is 0 Å². The average Bonchev–Trinajstić information content (AvgIpc) is 2.48. The first-order valence-electron chi connectivity index (χ1n) is 4.64. The Hall–Kier alpha value is -1.06. The molecule has 0 saturated carbocycles. The van der Waals surface area contributed by atoms with Gasteiger partial charge in [0.1, 0.15) is 6.54 Å². The van der Waals surface area contributed by atoms with Crippen LogP contribution in [0.4, 0.5) is 0 Å². The van der Waals surface area contributed by atoms with Crippen molar-refractivity contribution in [1.82, 2.24) is 4.90 Å². The molecule has 0 amide bonds. The maximum absolute atomic E-state index is 11.0. The molecule has 1 aliphatic heterocycles. The van der Waals surface area contributed by atoms with Crippen LogP contribution in [0.2, 0.25) is 0 Å². The smallest absolute Gasteiger partial charge is 0.327 e. The van der Waals surface area contributed by atoms with Crippen LogP contribution in [0.1, 0.15) is 19.8 Å². The predicted octanol–water partition coefficient (Wildman–Crippen LogP) is 0.674. The van der Waals surface area contributed by atoms with Gasteiger partial charge in [0.15, 0.2) is 0 Å². The number of carbonyl (C=O) groups is 1. The van der Waals surface area contributed by atoms with Gasteiger partial charge in [0.25, 0.3) is 0 Å². The number of esters is 1. The molecule has 0 radical (unpaired) electrons. The van der Waals surface area contributed by atoms with Gasteiger partial charge in [-0.15, -0.1) is 0 Å². The SMILES string of the molecule is CCOC(=O)CN=C1CCCN1C. The summed E-state index contributed by atoms with van der Waals surface area (Å²) >= 11 is 0. The Morgan fingerprint density at radius 3 is 3.00 bits per heavy atom. The zero-order valence-electron chi connectivity index (χ0n) is 8.25. The first-order chi connectivity index (χ1) is 6.24. The van der Waals surface area contributed by atoms with Crippen LogP contribution in [-0.2, 0) is 9.53 Å². The lowest BCUT2D eigenvalue weighted by molar-refractivity contribution is -0.141. The van der Waals surface area contributed by atoms with Crippen LogP contribution in [0.15, 0.2) is 4.99 Å². The molecule has 0 aliphatic carbocycles. The van der Waals surface area contributed by atoms with Crippen LogP contribution in [0.25, 0.3) is 0 Å². The van der Waals surface area contributed by atoms with Gasteiger partial charge in [-0.2, -0.15) is 0 Å². The van der Waals surface area contributed by atoms with E-state index in [0.29, 0.717) is 6.61 Å². The molecule has 0 aromatic heterocycles. The molecule has 0 bridgehead atoms. The summed E-state index contributed by atoms with van der Waals surface area (Å²) in [5, 5.41) is 0. The van der Waals surface area contributed by atoms with Gasteiger partial charge in [-0.05, 0) is 13.3 Å². The molecule has 1 saturated heterocycles. The summed E-state index contributed by atoms with van der Waals surface area (Å²) in [6.07, 6.45) is 2.12. The number of amidine groups is 1. The molecule has 0 unspecified atom stereocenters. The van der Waals surface area contributed by atoms with Crippen molar-refractivity contribution < 1.29 is 9.53 Å². The molecule has 1 heterocycles. The third-order valence-electron chi connectivity index (χ3n) is 2.03. The summed E-state index contributed by atoms with van der Waals surface area (Å²) in [5.74, 6) is 0.781. The van der Waals surface area contributed by atoms with E-state index >= 15 is 0 Å². The maximum atomic E-state index is 11.0. The molecule has 4 nitrogen and oxygen atoms in total. The second-order valence-corrected chi connectivity index (χ2v) is 3.06. The number of ether oxygens (including phenoxy) is 1. The van der Waals surface area contributed by atoms with E-state index in [9.17, 15) is 4.79 Å². The second-order valence-electron chi connectivity index (χ2n) is 3.06. The van der Waals surface area contributed by atoms with Gasteiger partial charge in [0.05, 0.1) is 12.4 Å². The van der Waals surface area contributed by atoms with Gasteiger partial charge >= 0.3 is 5.97 Å². The average molecular weight is 184 g/mol. The molecule has 4 heteroatoms. The lowest BCUT2D eigenvalue weighted by Gasteiger charge is -2.10. The fourth-order valence-corrected chi connectivity index (χ4v) is 1.36. The molecule has 1 rings (SSSR count). The molecule has 0 atom stereocenters. The molecule has 13 heavy (non-hydrogen) atoms. The molecule has 1 fully saturated rings. The number of aliphatic imine (C=N–C) groups is 1. The third kappa shape index (κ3) is 3.05. The van der Waals surface area contributed by atoms with Crippen LogP contribution >= 0.6 is 0 Å². The molecule has 1 aliphatic rings. The van der Waals surface area contributed by atoms with Gasteiger partial charge in [0.2, 0.25) is 0 Å². The highest BCUT2D eigenvalue weighted by Gasteiger charge is 2.14. The number of rotatable bonds is 3. The number of hydrogen-bond donors (Lipinski definition) is 0. The van der Waals surface area contributed by atoms with Crippen LogP contribution in [0.5, 0.6) is 0 Å². The van der Waals surface area contributed by atoms with Crippen molar-refractivity contribution in [1.29, 1.82) is 0 Å². The Kier molecular flexibility index (Phi) is 3.73. The summed E-state index contributed by atoms with van der Waals surface area (Å²) in [7, 11) is 2.00. The minimum Gasteiger partial charge on any atom is -0.465 e. The summed E-state index contributed by atoms with van der Waals surface area (Å²) < 4.78 is 4.77. The molecule has 0 spiro atoms. The van der Waals surface area contributed by atoms with E-state index in [0.717, 1.165) is 25.2 Å². The van der Waals surface area contributed by atoms with E-state index in [1.807, 2.05) is 7.05 Å². The third-order valence-corrected chi connectivity index (χ3v) is 2.03. The standard InChI is InChI=1S/C9H16N2O2/c1-3-13-9(12)7-10-8-5-4-6-11(8)2/h3-7H2,1-2H3. The molecule has 74 valence electrons. The minimum absolute atomic E-state index is 0.160. The van der Waals surface area contributed by atoms with E-state index in [1.165, 1.54) is 0 Å². The van der Waals surface area contributed by atoms with Crippen LogP contribution < -0.4 is 0 Å². The van der Waals surface area contributed by atoms with Gasteiger partial charge in [-0.25, -0.2) is 0 Å². The maximum Gasteiger partial charge on any atom is 0.327 e. The Balaban J connectivity index is 2.34. The van der Waals surface area contributed by atoms with Crippen molar-refractivity contribution in [2.45, 2.75) is 19.8 Å². The van der Waals surface area contributed by atoms with Gasteiger partial charge in [-0.3, -0.25) is 9.79 Å². The second kappa shape index (κ2) is 4.84. The van der Waals surface area contributed by atoms with Gasteiger partial charge < -0.3 is 9.64 Å². The predicted molar refractivity (Wildman–Crippen MR) is 50.8 cm³/mol. The fraction of sp³-hybridized carbons (Fsp3) is 0.778. The molecule has 0 aromatic carbocycles. The molecular formula is C9H16N2O2. The monoisotopic (exact) mass is 184 g/mol. The Bertz CT molecular complexity index is 214. The zero-order chi connectivity index (χ0) is 9.68. The van der Waals surface area contributed by atoms with E-state index in [4.69, 9.17) is 4.74 Å². The van der Waals surface area contributed by atoms with E-state index in [2.05, 4.69) is 9.89 Å². The van der Waals surface area contributed by atoms with Crippen molar-refractivity contribution in [2.24, 2.45) is 4.99 Å². The lowest BCUT2D eigenvalue weighted by Crippen LogP contribution is -2.20. The highest BCUT2D eigenvalue weighted by Crippen LogP contribution is 2.08. The quantitative estimate of drug-likeness (QED) is 0.605. The first-order valence-corrected chi connectivity index (χ1v) is 4.64. The molecule has 0 N–H and O–H groups in total. The van der Waals surface area contributed by atoms with Crippen LogP contribution in [0, 0.1) is 0 Å². The number of hydrogen-bond acceptors (Lipinski definition) is 3. The molecular weight excluding hydrogens is 168 g/mol. The summed E-state index contributed by atoms with van der Waals surface area (Å²) in [6, 6.07) is 0. The summed E-state index contributed by atoms with van der Waals surface area (Å²) in [6.45, 7) is 3.43. The highest BCUT2D eigenvalue weighted by molar-refractivity contribution is 5.86. The fourth-order valence-electron chi connectivity index (χ4n) is 1.36. The van der Waals surface area contributed by atoms with Crippen molar-refractivity contribution in [3.05, 3.63) is 0 Å². The van der Waals surface area contributed by atoms with Crippen LogP contribution in [-0.4, -0.2) is 43.4 Å². The van der Waals surface area contributed by atoms with Crippen molar-refractivity contribution in [3.63, 3.8) is 0 Å². The number of likely N-dealkylation sites (tertiary alicyclic amines) is 1. The highest BCUT2D eigenvalue weighted by atomic mass is 16.5. The van der Waals surface area contributed by atoms with Crippen molar-refractivity contribution in [3.8, 4) is 0 Å². The van der Waals surface area contributed by atoms with E-state index < -0.39 is 0 Å².